The van der Waals surface area contributed by atoms with E-state index in [0.717, 1.165) is 5.56 Å². The van der Waals surface area contributed by atoms with Crippen molar-refractivity contribution in [2.45, 2.75) is 6.42 Å². The topological polar surface area (TPSA) is 48.1 Å². The Balaban J connectivity index is 2.34. The van der Waals surface area contributed by atoms with Gasteiger partial charge in [0, 0.05) is 17.4 Å². The summed E-state index contributed by atoms with van der Waals surface area (Å²) in [5.74, 6) is 1.16. The molecular weight excluding hydrogens is 328 g/mol. The Morgan fingerprint density at radius 2 is 2.21 bits per heavy atom. The number of pyridine rings is 1. The maximum atomic E-state index is 5.84. The van der Waals surface area contributed by atoms with Gasteiger partial charge in [0.2, 0.25) is 5.88 Å². The minimum absolute atomic E-state index is 0.458. The van der Waals surface area contributed by atoms with Crippen LogP contribution in [0.15, 0.2) is 47.6 Å². The van der Waals surface area contributed by atoms with Crippen LogP contribution in [0.1, 0.15) is 5.56 Å². The molecule has 0 spiro atoms. The van der Waals surface area contributed by atoms with E-state index in [2.05, 4.69) is 27.5 Å². The third-order valence-electron chi connectivity index (χ3n) is 2.43. The van der Waals surface area contributed by atoms with Gasteiger partial charge in [0.25, 0.3) is 0 Å². The van der Waals surface area contributed by atoms with Gasteiger partial charge in [-0.1, -0.05) is 17.7 Å². The van der Waals surface area contributed by atoms with Crippen molar-refractivity contribution in [3.63, 3.8) is 0 Å². The first-order chi connectivity index (χ1) is 9.10. The minimum Gasteiger partial charge on any atom is -0.438 e. The van der Waals surface area contributed by atoms with Gasteiger partial charge < -0.3 is 10.5 Å². The maximum Gasteiger partial charge on any atom is 0.233 e. The highest BCUT2D eigenvalue weighted by molar-refractivity contribution is 9.10. The SMILES string of the molecule is C=CCc1cc(N)ccc1Oc1ncc(Cl)cc1Br. The number of halogens is 2. The van der Waals surface area contributed by atoms with Gasteiger partial charge in [-0.05, 0) is 46.6 Å². The largest absolute Gasteiger partial charge is 0.438 e. The molecule has 2 rings (SSSR count). The van der Waals surface area contributed by atoms with Crippen LogP contribution in [-0.4, -0.2) is 4.98 Å². The van der Waals surface area contributed by atoms with Gasteiger partial charge in [0.1, 0.15) is 5.75 Å². The molecule has 0 saturated heterocycles. The van der Waals surface area contributed by atoms with Crippen LogP contribution in [-0.2, 0) is 6.42 Å². The molecule has 1 aromatic carbocycles. The number of benzene rings is 1. The highest BCUT2D eigenvalue weighted by Crippen LogP contribution is 2.32. The quantitative estimate of drug-likeness (QED) is 0.654. The predicted molar refractivity (Wildman–Crippen MR) is 81.8 cm³/mol. The van der Waals surface area contributed by atoms with Crippen LogP contribution < -0.4 is 10.5 Å². The molecular formula is C14H12BrClN2O. The summed E-state index contributed by atoms with van der Waals surface area (Å²) in [6.07, 6.45) is 4.00. The van der Waals surface area contributed by atoms with Crippen LogP contribution >= 0.6 is 27.5 Å². The standard InChI is InChI=1S/C14H12BrClN2O/c1-2-3-9-6-11(17)4-5-13(9)19-14-12(15)7-10(16)8-18-14/h2,4-8H,1,3,17H2. The number of nitrogens with zero attached hydrogens (tertiary/aromatic N) is 1. The third kappa shape index (κ3) is 3.49. The zero-order valence-corrected chi connectivity index (χ0v) is 12.4. The molecule has 0 bridgehead atoms. The van der Waals surface area contributed by atoms with Gasteiger partial charge in [0.15, 0.2) is 0 Å². The number of hydrogen-bond donors (Lipinski definition) is 1. The molecule has 0 unspecified atom stereocenters. The third-order valence-corrected chi connectivity index (χ3v) is 3.20. The summed E-state index contributed by atoms with van der Waals surface area (Å²) in [4.78, 5) is 4.14. The molecule has 19 heavy (non-hydrogen) atoms. The molecule has 0 saturated carbocycles. The Labute approximate surface area is 125 Å². The monoisotopic (exact) mass is 338 g/mol. The molecule has 0 aliphatic heterocycles. The summed E-state index contributed by atoms with van der Waals surface area (Å²) in [6, 6.07) is 7.19. The van der Waals surface area contributed by atoms with Crippen molar-refractivity contribution in [3.8, 4) is 11.6 Å². The van der Waals surface area contributed by atoms with Crippen LogP contribution in [0.3, 0.4) is 0 Å². The van der Waals surface area contributed by atoms with Crippen LogP contribution in [0.2, 0.25) is 5.02 Å². The molecule has 0 atom stereocenters. The number of allylic oxidation sites excluding steroid dienone is 1. The Kier molecular flexibility index (Phi) is 4.45. The lowest BCUT2D eigenvalue weighted by atomic mass is 10.1. The van der Waals surface area contributed by atoms with Gasteiger partial charge >= 0.3 is 0 Å². The Bertz CT molecular complexity index is 616. The molecule has 0 aliphatic rings. The average molecular weight is 340 g/mol. The second kappa shape index (κ2) is 6.08. The summed E-state index contributed by atoms with van der Waals surface area (Å²) >= 11 is 9.21. The summed E-state index contributed by atoms with van der Waals surface area (Å²) in [5, 5.41) is 0.544. The smallest absolute Gasteiger partial charge is 0.233 e. The second-order valence-corrected chi connectivity index (χ2v) is 5.19. The fourth-order valence-corrected chi connectivity index (χ4v) is 2.31. The van der Waals surface area contributed by atoms with E-state index in [1.807, 2.05) is 12.1 Å². The van der Waals surface area contributed by atoms with Crippen LogP contribution in [0.4, 0.5) is 5.69 Å². The van der Waals surface area contributed by atoms with Gasteiger partial charge in [-0.15, -0.1) is 6.58 Å². The van der Waals surface area contributed by atoms with Crippen molar-refractivity contribution in [2.24, 2.45) is 0 Å². The van der Waals surface area contributed by atoms with Crippen LogP contribution in [0, 0.1) is 0 Å². The number of nitrogen functional groups attached to an aromatic ring is 1. The van der Waals surface area contributed by atoms with Crippen LogP contribution in [0.25, 0.3) is 0 Å². The van der Waals surface area contributed by atoms with Gasteiger partial charge in [-0.3, -0.25) is 0 Å². The molecule has 0 aliphatic carbocycles. The molecule has 1 aromatic heterocycles. The first kappa shape index (κ1) is 13.9. The average Bonchev–Trinajstić information content (AvgIpc) is 2.36. The predicted octanol–water partition coefficient (Wildman–Crippen LogP) is 4.60. The zero-order chi connectivity index (χ0) is 13.8. The van der Waals surface area contributed by atoms with E-state index in [9.17, 15) is 0 Å². The number of ether oxygens (including phenoxy) is 1. The molecule has 2 N–H and O–H groups in total. The van der Waals surface area contributed by atoms with Crippen molar-refractivity contribution in [2.75, 3.05) is 5.73 Å². The van der Waals surface area contributed by atoms with Gasteiger partial charge in [-0.25, -0.2) is 4.98 Å². The Morgan fingerprint density at radius 3 is 2.89 bits per heavy atom. The van der Waals surface area contributed by atoms with Crippen molar-refractivity contribution >= 4 is 33.2 Å². The van der Waals surface area contributed by atoms with E-state index >= 15 is 0 Å². The lowest BCUT2D eigenvalue weighted by molar-refractivity contribution is 0.455. The Hall–Kier alpha value is -1.52. The zero-order valence-electron chi connectivity index (χ0n) is 10.1. The molecule has 1 heterocycles. The summed E-state index contributed by atoms with van der Waals surface area (Å²) in [6.45, 7) is 3.72. The number of nitrogens with two attached hydrogens (primary N) is 1. The summed E-state index contributed by atoms with van der Waals surface area (Å²) < 4.78 is 6.48. The summed E-state index contributed by atoms with van der Waals surface area (Å²) in [5.41, 5.74) is 7.41. The van der Waals surface area contributed by atoms with E-state index in [1.54, 1.807) is 18.2 Å². The molecule has 3 nitrogen and oxygen atoms in total. The summed E-state index contributed by atoms with van der Waals surface area (Å²) in [7, 11) is 0. The molecule has 0 fully saturated rings. The molecule has 98 valence electrons. The van der Waals surface area contributed by atoms with E-state index in [0.29, 0.717) is 33.2 Å². The van der Waals surface area contributed by atoms with Gasteiger partial charge in [0.05, 0.1) is 9.50 Å². The van der Waals surface area contributed by atoms with E-state index in [-0.39, 0.29) is 0 Å². The first-order valence-electron chi connectivity index (χ1n) is 5.58. The lowest BCUT2D eigenvalue weighted by Crippen LogP contribution is -1.95. The Morgan fingerprint density at radius 1 is 1.42 bits per heavy atom. The highest BCUT2D eigenvalue weighted by Gasteiger charge is 2.09. The van der Waals surface area contributed by atoms with E-state index in [1.165, 1.54) is 6.20 Å². The number of hydrogen-bond acceptors (Lipinski definition) is 3. The fourth-order valence-electron chi connectivity index (χ4n) is 1.60. The van der Waals surface area contributed by atoms with Crippen molar-refractivity contribution in [1.29, 1.82) is 0 Å². The number of aromatic nitrogens is 1. The van der Waals surface area contributed by atoms with E-state index < -0.39 is 0 Å². The molecule has 5 heteroatoms. The van der Waals surface area contributed by atoms with E-state index in [4.69, 9.17) is 22.1 Å². The molecule has 2 aromatic rings. The van der Waals surface area contributed by atoms with Crippen molar-refractivity contribution < 1.29 is 4.74 Å². The lowest BCUT2D eigenvalue weighted by Gasteiger charge is -2.11. The molecule has 0 amide bonds. The highest BCUT2D eigenvalue weighted by atomic mass is 79.9. The molecule has 0 radical (unpaired) electrons. The number of anilines is 1. The fraction of sp³-hybridized carbons (Fsp3) is 0.0714. The maximum absolute atomic E-state index is 5.84. The number of rotatable bonds is 4. The van der Waals surface area contributed by atoms with Crippen molar-refractivity contribution in [1.82, 2.24) is 4.98 Å². The van der Waals surface area contributed by atoms with Crippen molar-refractivity contribution in [3.05, 3.63) is 58.2 Å². The normalized spacial score (nSPS) is 10.2. The minimum atomic E-state index is 0.458. The first-order valence-corrected chi connectivity index (χ1v) is 6.75. The van der Waals surface area contributed by atoms with Gasteiger partial charge in [-0.2, -0.15) is 0 Å². The van der Waals surface area contributed by atoms with Crippen LogP contribution in [0.5, 0.6) is 11.6 Å². The second-order valence-electron chi connectivity index (χ2n) is 3.90.